The van der Waals surface area contributed by atoms with Crippen molar-refractivity contribution < 1.29 is 5.11 Å². The number of aliphatic hydroxyl groups is 1. The van der Waals surface area contributed by atoms with Crippen LogP contribution in [0.1, 0.15) is 51.3 Å². The van der Waals surface area contributed by atoms with Gasteiger partial charge in [-0.1, -0.05) is 43.7 Å². The molecule has 1 fully saturated rings. The number of aliphatic hydroxyl groups excluding tert-OH is 1. The maximum atomic E-state index is 10.7. The van der Waals surface area contributed by atoms with E-state index >= 15 is 0 Å². The summed E-state index contributed by atoms with van der Waals surface area (Å²) in [5.41, 5.74) is 2.27. The molecule has 2 heteroatoms. The molecule has 0 saturated carbocycles. The zero-order valence-corrected chi connectivity index (χ0v) is 13.5. The number of piperidine rings is 1. The van der Waals surface area contributed by atoms with Gasteiger partial charge in [0.25, 0.3) is 0 Å². The van der Waals surface area contributed by atoms with E-state index in [1.807, 2.05) is 0 Å². The molecular weight excluding hydrogens is 246 g/mol. The van der Waals surface area contributed by atoms with Crippen LogP contribution in [0.4, 0.5) is 0 Å². The lowest BCUT2D eigenvalue weighted by atomic mass is 9.84. The van der Waals surface area contributed by atoms with Gasteiger partial charge in [0.2, 0.25) is 0 Å². The Labute approximate surface area is 123 Å². The highest BCUT2D eigenvalue weighted by Gasteiger charge is 2.34. The van der Waals surface area contributed by atoms with Crippen molar-refractivity contribution in [2.24, 2.45) is 11.8 Å². The molecule has 112 valence electrons. The fourth-order valence-corrected chi connectivity index (χ4v) is 3.52. The van der Waals surface area contributed by atoms with E-state index in [4.69, 9.17) is 0 Å². The van der Waals surface area contributed by atoms with E-state index in [2.05, 4.69) is 63.8 Å². The van der Waals surface area contributed by atoms with Crippen LogP contribution in [0.5, 0.6) is 0 Å². The molecule has 2 nitrogen and oxygen atoms in total. The molecule has 1 heterocycles. The smallest absolute Gasteiger partial charge is 0.0942 e. The van der Waals surface area contributed by atoms with Gasteiger partial charge < -0.3 is 5.11 Å². The van der Waals surface area contributed by atoms with E-state index in [0.29, 0.717) is 17.9 Å². The van der Waals surface area contributed by atoms with Gasteiger partial charge in [-0.15, -0.1) is 0 Å². The van der Waals surface area contributed by atoms with Gasteiger partial charge in [0.15, 0.2) is 0 Å². The predicted octanol–water partition coefficient (Wildman–Crippen LogP) is 3.78. The summed E-state index contributed by atoms with van der Waals surface area (Å²) in [6, 6.07) is 8.97. The Morgan fingerprint density at radius 2 is 1.75 bits per heavy atom. The summed E-state index contributed by atoms with van der Waals surface area (Å²) >= 11 is 0. The molecule has 20 heavy (non-hydrogen) atoms. The number of hydrogen-bond acceptors (Lipinski definition) is 2. The van der Waals surface area contributed by atoms with Crippen LogP contribution >= 0.6 is 0 Å². The Hall–Kier alpha value is -0.860. The van der Waals surface area contributed by atoms with Crippen molar-refractivity contribution in [1.29, 1.82) is 0 Å². The van der Waals surface area contributed by atoms with Crippen LogP contribution in [0, 0.1) is 18.8 Å². The van der Waals surface area contributed by atoms with Gasteiger partial charge in [-0.2, -0.15) is 0 Å². The molecule has 2 rings (SSSR count). The Morgan fingerprint density at radius 3 is 2.35 bits per heavy atom. The molecule has 1 saturated heterocycles. The SMILES string of the molecule is Cc1ccc(C(O)C(C)N2CC(C)CC(C)C2C)cc1. The van der Waals surface area contributed by atoms with E-state index in [9.17, 15) is 5.11 Å². The molecule has 1 aliphatic rings. The summed E-state index contributed by atoms with van der Waals surface area (Å²) < 4.78 is 0. The first-order valence-corrected chi connectivity index (χ1v) is 7.90. The summed E-state index contributed by atoms with van der Waals surface area (Å²) in [7, 11) is 0. The molecule has 0 radical (unpaired) electrons. The van der Waals surface area contributed by atoms with E-state index in [1.54, 1.807) is 0 Å². The van der Waals surface area contributed by atoms with Gasteiger partial charge in [0.1, 0.15) is 0 Å². The number of hydrogen-bond donors (Lipinski definition) is 1. The second-order valence-corrected chi connectivity index (χ2v) is 6.85. The number of nitrogens with zero attached hydrogens (tertiary/aromatic N) is 1. The van der Waals surface area contributed by atoms with Crippen molar-refractivity contribution >= 4 is 0 Å². The Bertz CT molecular complexity index is 428. The summed E-state index contributed by atoms with van der Waals surface area (Å²) in [4.78, 5) is 2.49. The lowest BCUT2D eigenvalue weighted by molar-refractivity contribution is -0.0129. The predicted molar refractivity (Wildman–Crippen MR) is 84.7 cm³/mol. The van der Waals surface area contributed by atoms with E-state index in [-0.39, 0.29) is 6.04 Å². The van der Waals surface area contributed by atoms with E-state index < -0.39 is 6.10 Å². The van der Waals surface area contributed by atoms with Crippen LogP contribution in [-0.2, 0) is 0 Å². The average Bonchev–Trinajstić information content (AvgIpc) is 2.42. The molecule has 1 aromatic carbocycles. The summed E-state index contributed by atoms with van der Waals surface area (Å²) in [5, 5.41) is 10.7. The van der Waals surface area contributed by atoms with Crippen molar-refractivity contribution in [1.82, 2.24) is 4.90 Å². The van der Waals surface area contributed by atoms with Gasteiger partial charge in [-0.05, 0) is 44.6 Å². The van der Waals surface area contributed by atoms with E-state index in [1.165, 1.54) is 12.0 Å². The monoisotopic (exact) mass is 275 g/mol. The minimum absolute atomic E-state index is 0.165. The quantitative estimate of drug-likeness (QED) is 0.907. The normalized spacial score (nSPS) is 31.0. The Kier molecular flexibility index (Phi) is 4.87. The van der Waals surface area contributed by atoms with Crippen molar-refractivity contribution in [3.05, 3.63) is 35.4 Å². The van der Waals surface area contributed by atoms with Crippen molar-refractivity contribution in [2.75, 3.05) is 6.54 Å². The third kappa shape index (κ3) is 3.24. The summed E-state index contributed by atoms with van der Waals surface area (Å²) in [6.45, 7) is 12.3. The van der Waals surface area contributed by atoms with Crippen molar-refractivity contribution in [2.45, 2.75) is 59.2 Å². The molecule has 0 spiro atoms. The average molecular weight is 275 g/mol. The first-order chi connectivity index (χ1) is 9.40. The zero-order valence-electron chi connectivity index (χ0n) is 13.5. The topological polar surface area (TPSA) is 23.5 Å². The van der Waals surface area contributed by atoms with Crippen LogP contribution < -0.4 is 0 Å². The van der Waals surface area contributed by atoms with Crippen molar-refractivity contribution in [3.8, 4) is 0 Å². The van der Waals surface area contributed by atoms with Gasteiger partial charge >= 0.3 is 0 Å². The highest BCUT2D eigenvalue weighted by molar-refractivity contribution is 5.24. The number of benzene rings is 1. The molecule has 1 aliphatic heterocycles. The standard InChI is InChI=1S/C18H29NO/c1-12-6-8-17(9-7-12)18(20)16(5)19-11-13(2)10-14(3)15(19)4/h6-9,13-16,18,20H,10-11H2,1-5H3. The molecule has 1 aromatic rings. The first kappa shape index (κ1) is 15.5. The van der Waals surface area contributed by atoms with Crippen LogP contribution in [0.2, 0.25) is 0 Å². The van der Waals surface area contributed by atoms with Gasteiger partial charge in [-0.25, -0.2) is 0 Å². The minimum Gasteiger partial charge on any atom is -0.387 e. The number of aryl methyl sites for hydroxylation is 1. The first-order valence-electron chi connectivity index (χ1n) is 7.90. The molecule has 0 aliphatic carbocycles. The highest BCUT2D eigenvalue weighted by atomic mass is 16.3. The maximum absolute atomic E-state index is 10.7. The Morgan fingerprint density at radius 1 is 1.15 bits per heavy atom. The maximum Gasteiger partial charge on any atom is 0.0942 e. The van der Waals surface area contributed by atoms with Crippen LogP contribution in [0.3, 0.4) is 0 Å². The molecule has 5 unspecified atom stereocenters. The number of likely N-dealkylation sites (tertiary alicyclic amines) is 1. The Balaban J connectivity index is 2.12. The number of rotatable bonds is 3. The second-order valence-electron chi connectivity index (χ2n) is 6.85. The lowest BCUT2D eigenvalue weighted by Gasteiger charge is -2.45. The molecule has 0 aromatic heterocycles. The zero-order chi connectivity index (χ0) is 14.9. The highest BCUT2D eigenvalue weighted by Crippen LogP contribution is 2.32. The summed E-state index contributed by atoms with van der Waals surface area (Å²) in [5.74, 6) is 1.42. The molecule has 0 amide bonds. The molecule has 1 N–H and O–H groups in total. The minimum atomic E-state index is -0.407. The van der Waals surface area contributed by atoms with Crippen LogP contribution in [0.15, 0.2) is 24.3 Å². The van der Waals surface area contributed by atoms with Gasteiger partial charge in [-0.3, -0.25) is 4.90 Å². The fourth-order valence-electron chi connectivity index (χ4n) is 3.52. The van der Waals surface area contributed by atoms with Crippen LogP contribution in [0.25, 0.3) is 0 Å². The second kappa shape index (κ2) is 6.28. The molecule has 5 atom stereocenters. The molecular formula is C18H29NO. The van der Waals surface area contributed by atoms with E-state index in [0.717, 1.165) is 12.1 Å². The van der Waals surface area contributed by atoms with Crippen molar-refractivity contribution in [3.63, 3.8) is 0 Å². The largest absolute Gasteiger partial charge is 0.387 e. The lowest BCUT2D eigenvalue weighted by Crippen LogP contribution is -2.51. The third-order valence-electron chi connectivity index (χ3n) is 5.04. The fraction of sp³-hybridized carbons (Fsp3) is 0.667. The van der Waals surface area contributed by atoms with Gasteiger partial charge in [0, 0.05) is 18.6 Å². The molecule has 0 bridgehead atoms. The third-order valence-corrected chi connectivity index (χ3v) is 5.04. The van der Waals surface area contributed by atoms with Crippen LogP contribution in [-0.4, -0.2) is 28.6 Å². The summed E-state index contributed by atoms with van der Waals surface area (Å²) in [6.07, 6.45) is 0.890. The van der Waals surface area contributed by atoms with Gasteiger partial charge in [0.05, 0.1) is 6.10 Å².